The number of pyridine rings is 1. The Morgan fingerprint density at radius 1 is 1.11 bits per heavy atom. The van der Waals surface area contributed by atoms with Gasteiger partial charge >= 0.3 is 0 Å². The van der Waals surface area contributed by atoms with Crippen molar-refractivity contribution in [3.8, 4) is 17.0 Å². The van der Waals surface area contributed by atoms with Crippen molar-refractivity contribution in [3.05, 3.63) is 76.3 Å². The van der Waals surface area contributed by atoms with Gasteiger partial charge in [-0.25, -0.2) is 4.39 Å². The molecule has 2 aromatic heterocycles. The SMILES string of the molecule is COc1cccc(F)c1-c1cc2c(/C=C/c3ccc(Br)cc3)n[nH]c2cn1. The largest absolute Gasteiger partial charge is 0.496 e. The summed E-state index contributed by atoms with van der Waals surface area (Å²) in [5.74, 6) is 0.0638. The summed E-state index contributed by atoms with van der Waals surface area (Å²) in [6.07, 6.45) is 5.55. The fraction of sp³-hybridized carbons (Fsp3) is 0.0476. The molecule has 0 saturated carbocycles. The molecule has 27 heavy (non-hydrogen) atoms. The van der Waals surface area contributed by atoms with Gasteiger partial charge in [-0.2, -0.15) is 5.10 Å². The molecule has 2 heterocycles. The molecule has 1 N–H and O–H groups in total. The summed E-state index contributed by atoms with van der Waals surface area (Å²) in [4.78, 5) is 4.37. The molecule has 0 unspecified atom stereocenters. The maximum atomic E-state index is 14.4. The number of rotatable bonds is 4. The van der Waals surface area contributed by atoms with Crippen molar-refractivity contribution in [1.82, 2.24) is 15.2 Å². The fourth-order valence-corrected chi connectivity index (χ4v) is 3.14. The van der Waals surface area contributed by atoms with E-state index in [1.807, 2.05) is 42.5 Å². The predicted molar refractivity (Wildman–Crippen MR) is 109 cm³/mol. The third kappa shape index (κ3) is 3.48. The predicted octanol–water partition coefficient (Wildman–Crippen LogP) is 5.71. The number of ether oxygens (including phenoxy) is 1. The third-order valence-corrected chi connectivity index (χ3v) is 4.76. The van der Waals surface area contributed by atoms with Crippen LogP contribution in [0.15, 0.2) is 59.2 Å². The molecule has 0 aliphatic heterocycles. The van der Waals surface area contributed by atoms with Crippen LogP contribution in [0.2, 0.25) is 0 Å². The van der Waals surface area contributed by atoms with Gasteiger partial charge < -0.3 is 4.74 Å². The van der Waals surface area contributed by atoms with Crippen molar-refractivity contribution in [3.63, 3.8) is 0 Å². The maximum Gasteiger partial charge on any atom is 0.136 e. The summed E-state index contributed by atoms with van der Waals surface area (Å²) < 4.78 is 20.7. The number of benzene rings is 2. The summed E-state index contributed by atoms with van der Waals surface area (Å²) in [6, 6.07) is 14.5. The Kier molecular flexibility index (Phi) is 4.73. The summed E-state index contributed by atoms with van der Waals surface area (Å²) in [5.41, 5.74) is 3.43. The number of nitrogens with zero attached hydrogens (tertiary/aromatic N) is 2. The Bertz CT molecular complexity index is 1140. The zero-order chi connectivity index (χ0) is 18.8. The van der Waals surface area contributed by atoms with E-state index >= 15 is 0 Å². The van der Waals surface area contributed by atoms with E-state index < -0.39 is 0 Å². The van der Waals surface area contributed by atoms with E-state index in [-0.39, 0.29) is 5.82 Å². The van der Waals surface area contributed by atoms with E-state index in [4.69, 9.17) is 4.74 Å². The van der Waals surface area contributed by atoms with E-state index in [9.17, 15) is 4.39 Å². The average Bonchev–Trinajstić information content (AvgIpc) is 3.09. The van der Waals surface area contributed by atoms with Gasteiger partial charge in [0.05, 0.1) is 35.8 Å². The second-order valence-corrected chi connectivity index (χ2v) is 6.84. The molecule has 0 saturated heterocycles. The lowest BCUT2D eigenvalue weighted by Gasteiger charge is -2.08. The second kappa shape index (κ2) is 7.32. The number of halogens is 2. The Hall–Kier alpha value is -2.99. The molecule has 2 aromatic carbocycles. The van der Waals surface area contributed by atoms with Crippen LogP contribution in [-0.2, 0) is 0 Å². The molecular formula is C21H15BrFN3O. The Morgan fingerprint density at radius 3 is 2.70 bits per heavy atom. The minimum Gasteiger partial charge on any atom is -0.496 e. The van der Waals surface area contributed by atoms with Gasteiger partial charge in [0.25, 0.3) is 0 Å². The highest BCUT2D eigenvalue weighted by Gasteiger charge is 2.14. The highest BCUT2D eigenvalue weighted by Crippen LogP contribution is 2.33. The number of hydrogen-bond acceptors (Lipinski definition) is 3. The van der Waals surface area contributed by atoms with E-state index in [2.05, 4.69) is 31.1 Å². The Morgan fingerprint density at radius 2 is 1.93 bits per heavy atom. The zero-order valence-corrected chi connectivity index (χ0v) is 16.0. The van der Waals surface area contributed by atoms with Gasteiger partial charge in [-0.1, -0.05) is 40.2 Å². The van der Waals surface area contributed by atoms with Crippen LogP contribution in [0.4, 0.5) is 4.39 Å². The molecule has 0 aliphatic carbocycles. The Balaban J connectivity index is 1.77. The Labute approximate surface area is 163 Å². The summed E-state index contributed by atoms with van der Waals surface area (Å²) in [6.45, 7) is 0. The van der Waals surface area contributed by atoms with Crippen LogP contribution in [-0.4, -0.2) is 22.3 Å². The van der Waals surface area contributed by atoms with Crippen molar-refractivity contribution >= 4 is 39.0 Å². The smallest absolute Gasteiger partial charge is 0.136 e. The molecule has 6 heteroatoms. The lowest BCUT2D eigenvalue weighted by atomic mass is 10.1. The number of nitrogens with one attached hydrogen (secondary N) is 1. The van der Waals surface area contributed by atoms with Crippen LogP contribution in [0.5, 0.6) is 5.75 Å². The first-order chi connectivity index (χ1) is 13.2. The van der Waals surface area contributed by atoms with Gasteiger partial charge in [0, 0.05) is 9.86 Å². The van der Waals surface area contributed by atoms with Gasteiger partial charge in [0.15, 0.2) is 0 Å². The van der Waals surface area contributed by atoms with E-state index in [1.54, 1.807) is 18.3 Å². The average molecular weight is 424 g/mol. The van der Waals surface area contributed by atoms with Gasteiger partial charge in [-0.3, -0.25) is 10.1 Å². The van der Waals surface area contributed by atoms with Crippen molar-refractivity contribution in [2.45, 2.75) is 0 Å². The highest BCUT2D eigenvalue weighted by molar-refractivity contribution is 9.10. The third-order valence-electron chi connectivity index (χ3n) is 4.23. The molecule has 0 atom stereocenters. The first kappa shape index (κ1) is 17.4. The number of methoxy groups -OCH3 is 1. The van der Waals surface area contributed by atoms with Crippen molar-refractivity contribution in [1.29, 1.82) is 0 Å². The summed E-state index contributed by atoms with van der Waals surface area (Å²) >= 11 is 3.43. The standard InChI is InChI=1S/C21H15BrFN3O/c1-27-20-4-2-3-16(23)21(20)18-11-15-17(25-26-19(15)12-24-18)10-7-13-5-8-14(22)9-6-13/h2-12H,1H3,(H,25,26)/b10-7+. The van der Waals surface area contributed by atoms with Crippen molar-refractivity contribution in [2.75, 3.05) is 7.11 Å². The van der Waals surface area contributed by atoms with Crippen LogP contribution >= 0.6 is 15.9 Å². The number of aromatic nitrogens is 3. The summed E-state index contributed by atoms with van der Waals surface area (Å²) in [5, 5.41) is 8.16. The number of hydrogen-bond donors (Lipinski definition) is 1. The molecule has 0 bridgehead atoms. The number of H-pyrrole nitrogens is 1. The monoisotopic (exact) mass is 423 g/mol. The summed E-state index contributed by atoms with van der Waals surface area (Å²) in [7, 11) is 1.51. The molecule has 0 radical (unpaired) electrons. The van der Waals surface area contributed by atoms with Crippen LogP contribution in [0.25, 0.3) is 34.3 Å². The van der Waals surface area contributed by atoms with Gasteiger partial charge in [-0.15, -0.1) is 0 Å². The van der Waals surface area contributed by atoms with Crippen molar-refractivity contribution in [2.24, 2.45) is 0 Å². The molecule has 0 fully saturated rings. The quantitative estimate of drug-likeness (QED) is 0.457. The van der Waals surface area contributed by atoms with Gasteiger partial charge in [-0.05, 0) is 42.0 Å². The minimum atomic E-state index is -0.378. The lowest BCUT2D eigenvalue weighted by Crippen LogP contribution is -1.93. The molecule has 0 aliphatic rings. The van der Waals surface area contributed by atoms with E-state index in [0.29, 0.717) is 17.0 Å². The zero-order valence-electron chi connectivity index (χ0n) is 14.4. The minimum absolute atomic E-state index is 0.339. The van der Waals surface area contributed by atoms with Crippen LogP contribution in [0, 0.1) is 5.82 Å². The first-order valence-corrected chi connectivity index (χ1v) is 9.05. The molecule has 4 rings (SSSR count). The fourth-order valence-electron chi connectivity index (χ4n) is 2.87. The molecule has 0 spiro atoms. The van der Waals surface area contributed by atoms with Crippen LogP contribution in [0.3, 0.4) is 0 Å². The van der Waals surface area contributed by atoms with Crippen molar-refractivity contribution < 1.29 is 9.13 Å². The van der Waals surface area contributed by atoms with E-state index in [1.165, 1.54) is 13.2 Å². The molecular weight excluding hydrogens is 409 g/mol. The molecule has 4 aromatic rings. The number of fused-ring (bicyclic) bond motifs is 1. The van der Waals surface area contributed by atoms with Crippen LogP contribution < -0.4 is 4.74 Å². The molecule has 4 nitrogen and oxygen atoms in total. The molecule has 134 valence electrons. The second-order valence-electron chi connectivity index (χ2n) is 5.93. The normalized spacial score (nSPS) is 11.4. The number of aromatic amines is 1. The van der Waals surface area contributed by atoms with E-state index in [0.717, 1.165) is 26.6 Å². The first-order valence-electron chi connectivity index (χ1n) is 8.26. The lowest BCUT2D eigenvalue weighted by molar-refractivity contribution is 0.413. The van der Waals surface area contributed by atoms with Crippen LogP contribution in [0.1, 0.15) is 11.3 Å². The molecule has 0 amide bonds. The highest BCUT2D eigenvalue weighted by atomic mass is 79.9. The van der Waals surface area contributed by atoms with Gasteiger partial charge in [0.1, 0.15) is 11.6 Å². The topological polar surface area (TPSA) is 50.8 Å². The maximum absolute atomic E-state index is 14.4. The van der Waals surface area contributed by atoms with Gasteiger partial charge in [0.2, 0.25) is 0 Å².